The average molecular weight is 369 g/mol. The van der Waals surface area contributed by atoms with Gasteiger partial charge < -0.3 is 0 Å². The van der Waals surface area contributed by atoms with Crippen LogP contribution >= 0.6 is 27.7 Å². The largest absolute Gasteiger partial charge is 0.299 e. The van der Waals surface area contributed by atoms with Gasteiger partial charge in [-0.15, -0.1) is 11.8 Å². The lowest BCUT2D eigenvalue weighted by Gasteiger charge is -2.11. The molecule has 0 aliphatic carbocycles. The van der Waals surface area contributed by atoms with Gasteiger partial charge in [0.1, 0.15) is 17.4 Å². The molecule has 0 saturated carbocycles. The maximum absolute atomic E-state index is 14.0. The van der Waals surface area contributed by atoms with Crippen LogP contribution in [0.2, 0.25) is 0 Å². The Balaban J connectivity index is 1.87. The number of hydrogen-bond acceptors (Lipinski definition) is 2. The van der Waals surface area contributed by atoms with Crippen LogP contribution in [0.25, 0.3) is 0 Å². The normalized spacial score (nSPS) is 16.8. The van der Waals surface area contributed by atoms with Gasteiger partial charge in [0, 0.05) is 22.6 Å². The maximum atomic E-state index is 14.0. The number of carbonyl (C=O) groups excluding carboxylic acids is 1. The number of ketones is 1. The van der Waals surface area contributed by atoms with Crippen LogP contribution in [0.1, 0.15) is 17.0 Å². The van der Waals surface area contributed by atoms with E-state index >= 15 is 0 Å². The number of thioether (sulfide) groups is 1. The summed E-state index contributed by atoms with van der Waals surface area (Å²) in [5.41, 5.74) is 0.798. The number of rotatable bonds is 3. The second-order valence-electron chi connectivity index (χ2n) is 4.87. The fourth-order valence-corrected chi connectivity index (χ4v) is 4.09. The molecule has 1 nitrogen and oxygen atoms in total. The first-order chi connectivity index (χ1) is 10.1. The van der Waals surface area contributed by atoms with Crippen molar-refractivity contribution >= 4 is 33.5 Å². The van der Waals surface area contributed by atoms with Gasteiger partial charge in [0.25, 0.3) is 0 Å². The van der Waals surface area contributed by atoms with Gasteiger partial charge in [-0.1, -0.05) is 18.2 Å². The number of carbonyl (C=O) groups is 1. The Bertz CT molecular complexity index is 717. The Morgan fingerprint density at radius 2 is 2.00 bits per heavy atom. The van der Waals surface area contributed by atoms with Crippen molar-refractivity contribution in [3.8, 4) is 0 Å². The Hall–Kier alpha value is -1.20. The van der Waals surface area contributed by atoms with Crippen LogP contribution in [0.15, 0.2) is 45.8 Å². The van der Waals surface area contributed by atoms with Crippen LogP contribution in [-0.4, -0.2) is 11.5 Å². The van der Waals surface area contributed by atoms with E-state index < -0.39 is 11.6 Å². The first-order valence-electron chi connectivity index (χ1n) is 6.44. The number of fused-ring (bicyclic) bond motifs is 1. The van der Waals surface area contributed by atoms with Gasteiger partial charge in [-0.05, 0) is 39.7 Å². The van der Waals surface area contributed by atoms with Crippen LogP contribution in [0.4, 0.5) is 8.78 Å². The van der Waals surface area contributed by atoms with Crippen molar-refractivity contribution in [1.29, 1.82) is 0 Å². The van der Waals surface area contributed by atoms with E-state index in [-0.39, 0.29) is 28.2 Å². The van der Waals surface area contributed by atoms with Gasteiger partial charge in [0.15, 0.2) is 0 Å². The molecule has 0 radical (unpaired) electrons. The minimum Gasteiger partial charge on any atom is -0.299 e. The molecule has 21 heavy (non-hydrogen) atoms. The summed E-state index contributed by atoms with van der Waals surface area (Å²) in [6.45, 7) is 0. The predicted octanol–water partition coefficient (Wildman–Crippen LogP) is 4.73. The smallest absolute Gasteiger partial charge is 0.145 e. The van der Waals surface area contributed by atoms with E-state index in [1.54, 1.807) is 11.8 Å². The Labute approximate surface area is 133 Å². The number of Topliss-reactive ketones (excluding diaryl/α,β-unsaturated/α-hetero) is 1. The standard InChI is InChI=1S/C16H11BrF2OS/c17-12-5-6-13(18)10(16(12)19)7-14(20)11-8-21-15-4-2-1-3-9(11)15/h1-6,11H,7-8H2. The number of hydrogen-bond donors (Lipinski definition) is 0. The Kier molecular flexibility index (Phi) is 4.13. The summed E-state index contributed by atoms with van der Waals surface area (Å²) < 4.78 is 27.9. The third-order valence-electron chi connectivity index (χ3n) is 3.58. The van der Waals surface area contributed by atoms with E-state index in [1.807, 2.05) is 24.3 Å². The number of halogens is 3. The summed E-state index contributed by atoms with van der Waals surface area (Å²) in [5.74, 6) is -1.17. The van der Waals surface area contributed by atoms with Crippen LogP contribution in [0.3, 0.4) is 0 Å². The lowest BCUT2D eigenvalue weighted by molar-refractivity contribution is -0.119. The van der Waals surface area contributed by atoms with Crippen LogP contribution in [-0.2, 0) is 11.2 Å². The summed E-state index contributed by atoms with van der Waals surface area (Å²) in [6.07, 6.45) is -0.226. The van der Waals surface area contributed by atoms with E-state index in [1.165, 1.54) is 12.1 Å². The third kappa shape index (κ3) is 2.77. The minimum atomic E-state index is -0.692. The van der Waals surface area contributed by atoms with Crippen molar-refractivity contribution in [1.82, 2.24) is 0 Å². The van der Waals surface area contributed by atoms with E-state index in [2.05, 4.69) is 15.9 Å². The topological polar surface area (TPSA) is 17.1 Å². The molecule has 2 aromatic carbocycles. The molecule has 0 fully saturated rings. The molecular weight excluding hydrogens is 358 g/mol. The second kappa shape index (κ2) is 5.89. The lowest BCUT2D eigenvalue weighted by atomic mass is 9.92. The highest BCUT2D eigenvalue weighted by Crippen LogP contribution is 2.40. The molecular formula is C16H11BrF2OS. The fourth-order valence-electron chi connectivity index (χ4n) is 2.46. The summed E-state index contributed by atoms with van der Waals surface area (Å²) in [6, 6.07) is 10.2. The SMILES string of the molecule is O=C(Cc1c(F)ccc(Br)c1F)C1CSc2ccccc21. The van der Waals surface area contributed by atoms with E-state index in [4.69, 9.17) is 0 Å². The van der Waals surface area contributed by atoms with Crippen molar-refractivity contribution in [3.05, 3.63) is 63.6 Å². The highest BCUT2D eigenvalue weighted by atomic mass is 79.9. The Morgan fingerprint density at radius 3 is 2.81 bits per heavy atom. The first kappa shape index (κ1) is 14.7. The van der Waals surface area contributed by atoms with Gasteiger partial charge in [0.2, 0.25) is 0 Å². The first-order valence-corrected chi connectivity index (χ1v) is 8.22. The molecule has 5 heteroatoms. The van der Waals surface area contributed by atoms with Gasteiger partial charge in [-0.25, -0.2) is 8.78 Å². The molecule has 1 unspecified atom stereocenters. The number of benzene rings is 2. The lowest BCUT2D eigenvalue weighted by Crippen LogP contribution is -2.16. The van der Waals surface area contributed by atoms with Crippen molar-refractivity contribution in [3.63, 3.8) is 0 Å². The molecule has 3 rings (SSSR count). The predicted molar refractivity (Wildman–Crippen MR) is 82.7 cm³/mol. The minimum absolute atomic E-state index is 0.150. The summed E-state index contributed by atoms with van der Waals surface area (Å²) in [5, 5.41) is 0. The molecule has 1 atom stereocenters. The van der Waals surface area contributed by atoms with E-state index in [0.717, 1.165) is 10.5 Å². The highest BCUT2D eigenvalue weighted by Gasteiger charge is 2.30. The summed E-state index contributed by atoms with van der Waals surface area (Å²) >= 11 is 4.63. The summed E-state index contributed by atoms with van der Waals surface area (Å²) in [7, 11) is 0. The van der Waals surface area contributed by atoms with Crippen molar-refractivity contribution in [2.75, 3.05) is 5.75 Å². The zero-order valence-electron chi connectivity index (χ0n) is 10.9. The van der Waals surface area contributed by atoms with Crippen LogP contribution in [0.5, 0.6) is 0 Å². The van der Waals surface area contributed by atoms with Crippen LogP contribution in [0, 0.1) is 11.6 Å². The zero-order chi connectivity index (χ0) is 15.0. The molecule has 0 aromatic heterocycles. The monoisotopic (exact) mass is 368 g/mol. The Morgan fingerprint density at radius 1 is 1.24 bits per heavy atom. The zero-order valence-corrected chi connectivity index (χ0v) is 13.3. The molecule has 108 valence electrons. The fraction of sp³-hybridized carbons (Fsp3) is 0.188. The molecule has 0 spiro atoms. The van der Waals surface area contributed by atoms with E-state index in [0.29, 0.717) is 5.75 Å². The summed E-state index contributed by atoms with van der Waals surface area (Å²) in [4.78, 5) is 13.5. The van der Waals surface area contributed by atoms with Crippen molar-refractivity contribution < 1.29 is 13.6 Å². The quantitative estimate of drug-likeness (QED) is 0.728. The van der Waals surface area contributed by atoms with Gasteiger partial charge >= 0.3 is 0 Å². The molecule has 0 bridgehead atoms. The molecule has 2 aromatic rings. The third-order valence-corrected chi connectivity index (χ3v) is 5.37. The molecule has 1 heterocycles. The molecule has 0 saturated heterocycles. The highest BCUT2D eigenvalue weighted by molar-refractivity contribution is 9.10. The van der Waals surface area contributed by atoms with Crippen LogP contribution < -0.4 is 0 Å². The molecule has 1 aliphatic heterocycles. The van der Waals surface area contributed by atoms with Gasteiger partial charge in [-0.2, -0.15) is 0 Å². The van der Waals surface area contributed by atoms with E-state index in [9.17, 15) is 13.6 Å². The van der Waals surface area contributed by atoms with Gasteiger partial charge in [0.05, 0.1) is 10.4 Å². The van der Waals surface area contributed by atoms with Crippen molar-refractivity contribution in [2.45, 2.75) is 17.2 Å². The molecule has 1 aliphatic rings. The van der Waals surface area contributed by atoms with Gasteiger partial charge in [-0.3, -0.25) is 4.79 Å². The molecule has 0 amide bonds. The molecule has 0 N–H and O–H groups in total. The average Bonchev–Trinajstić information content (AvgIpc) is 2.91. The second-order valence-corrected chi connectivity index (χ2v) is 6.78. The van der Waals surface area contributed by atoms with Crippen molar-refractivity contribution in [2.24, 2.45) is 0 Å². The maximum Gasteiger partial charge on any atom is 0.145 e.